The molecule has 1 aliphatic heterocycles. The van der Waals surface area contributed by atoms with Crippen molar-refractivity contribution >= 4 is 10.9 Å². The van der Waals surface area contributed by atoms with E-state index in [2.05, 4.69) is 47.2 Å². The van der Waals surface area contributed by atoms with E-state index in [9.17, 15) is 0 Å². The van der Waals surface area contributed by atoms with E-state index in [1.807, 2.05) is 0 Å². The van der Waals surface area contributed by atoms with Crippen LogP contribution in [-0.4, -0.2) is 4.57 Å². The van der Waals surface area contributed by atoms with Gasteiger partial charge in [0.05, 0.1) is 5.52 Å². The Labute approximate surface area is 83.7 Å². The molecule has 0 bridgehead atoms. The highest BCUT2D eigenvalue weighted by Gasteiger charge is 2.06. The van der Waals surface area contributed by atoms with Gasteiger partial charge in [-0.2, -0.15) is 0 Å². The van der Waals surface area contributed by atoms with E-state index < -0.39 is 0 Å². The molecule has 0 saturated carbocycles. The summed E-state index contributed by atoms with van der Waals surface area (Å²) < 4.78 is 2.37. The maximum Gasteiger partial charge on any atom is 0.0516 e. The minimum atomic E-state index is 1.07. The van der Waals surface area contributed by atoms with Gasteiger partial charge in [0.1, 0.15) is 0 Å². The standard InChI is InChI=1S/C13H13N/c1-2-5-11-6-4-7-12-8-10-14(9-3-1)13(11)12/h1-2,4,6-8,10H,3,5,9H2/b2-1-. The van der Waals surface area contributed by atoms with Crippen LogP contribution < -0.4 is 0 Å². The molecule has 0 saturated heterocycles. The SMILES string of the molecule is C1=C\Cc2cccc3ccn(c23)CC/1. The lowest BCUT2D eigenvalue weighted by atomic mass is 10.1. The van der Waals surface area contributed by atoms with Gasteiger partial charge < -0.3 is 4.57 Å². The first-order valence-corrected chi connectivity index (χ1v) is 5.17. The third-order valence-corrected chi connectivity index (χ3v) is 2.91. The lowest BCUT2D eigenvalue weighted by molar-refractivity contribution is 0.730. The molecule has 3 rings (SSSR count). The summed E-state index contributed by atoms with van der Waals surface area (Å²) in [6.45, 7) is 1.11. The van der Waals surface area contributed by atoms with Gasteiger partial charge >= 0.3 is 0 Å². The zero-order chi connectivity index (χ0) is 9.38. The third kappa shape index (κ3) is 1.09. The molecule has 1 heteroatoms. The number of hydrogen-bond acceptors (Lipinski definition) is 0. The van der Waals surface area contributed by atoms with Crippen molar-refractivity contribution in [1.82, 2.24) is 4.57 Å². The smallest absolute Gasteiger partial charge is 0.0516 e. The normalized spacial score (nSPS) is 17.7. The molecule has 2 aromatic rings. The lowest BCUT2D eigenvalue weighted by Gasteiger charge is -2.10. The van der Waals surface area contributed by atoms with Gasteiger partial charge in [-0.3, -0.25) is 0 Å². The largest absolute Gasteiger partial charge is 0.347 e. The van der Waals surface area contributed by atoms with Gasteiger partial charge in [0.25, 0.3) is 0 Å². The number of para-hydroxylation sites is 1. The minimum absolute atomic E-state index is 1.07. The van der Waals surface area contributed by atoms with Crippen LogP contribution in [0.25, 0.3) is 10.9 Å². The van der Waals surface area contributed by atoms with Crippen LogP contribution in [0, 0.1) is 0 Å². The van der Waals surface area contributed by atoms with Crippen molar-refractivity contribution < 1.29 is 0 Å². The summed E-state index contributed by atoms with van der Waals surface area (Å²) in [6.07, 6.45) is 8.99. The molecule has 0 fully saturated rings. The summed E-state index contributed by atoms with van der Waals surface area (Å²) in [7, 11) is 0. The van der Waals surface area contributed by atoms with Crippen LogP contribution in [0.4, 0.5) is 0 Å². The number of aromatic nitrogens is 1. The summed E-state index contributed by atoms with van der Waals surface area (Å²) in [5, 5.41) is 1.37. The first-order valence-electron chi connectivity index (χ1n) is 5.17. The van der Waals surface area contributed by atoms with Gasteiger partial charge in [-0.1, -0.05) is 30.4 Å². The molecule has 2 heterocycles. The summed E-state index contributed by atoms with van der Waals surface area (Å²) in [6, 6.07) is 8.79. The molecule has 0 unspecified atom stereocenters. The fourth-order valence-corrected chi connectivity index (χ4v) is 2.23. The number of benzene rings is 1. The number of hydrogen-bond donors (Lipinski definition) is 0. The summed E-state index contributed by atoms with van der Waals surface area (Å²) in [5.41, 5.74) is 2.88. The Balaban J connectivity index is 2.33. The van der Waals surface area contributed by atoms with Gasteiger partial charge in [-0.05, 0) is 29.9 Å². The highest BCUT2D eigenvalue weighted by Crippen LogP contribution is 2.22. The van der Waals surface area contributed by atoms with Crippen molar-refractivity contribution in [3.8, 4) is 0 Å². The van der Waals surface area contributed by atoms with E-state index in [0.717, 1.165) is 19.4 Å². The van der Waals surface area contributed by atoms with Gasteiger partial charge in [0.2, 0.25) is 0 Å². The van der Waals surface area contributed by atoms with Crippen LogP contribution in [0.5, 0.6) is 0 Å². The van der Waals surface area contributed by atoms with E-state index in [-0.39, 0.29) is 0 Å². The molecule has 0 spiro atoms. The first-order chi connectivity index (χ1) is 6.95. The Hall–Kier alpha value is -1.50. The highest BCUT2D eigenvalue weighted by atomic mass is 14.9. The number of aryl methyl sites for hydroxylation is 1. The lowest BCUT2D eigenvalue weighted by Crippen LogP contribution is -1.99. The summed E-state index contributed by atoms with van der Waals surface area (Å²) in [5.74, 6) is 0. The van der Waals surface area contributed by atoms with Crippen LogP contribution in [0.15, 0.2) is 42.6 Å². The Morgan fingerprint density at radius 3 is 3.07 bits per heavy atom. The second kappa shape index (κ2) is 3.02. The highest BCUT2D eigenvalue weighted by molar-refractivity contribution is 5.83. The Bertz CT molecular complexity index is 491. The zero-order valence-electron chi connectivity index (χ0n) is 8.11. The van der Waals surface area contributed by atoms with Crippen LogP contribution in [-0.2, 0) is 13.0 Å². The van der Waals surface area contributed by atoms with Gasteiger partial charge in [-0.15, -0.1) is 0 Å². The number of allylic oxidation sites excluding steroid dienone is 2. The molecular weight excluding hydrogens is 170 g/mol. The van der Waals surface area contributed by atoms with Gasteiger partial charge in [0, 0.05) is 12.7 Å². The number of nitrogens with zero attached hydrogens (tertiary/aromatic N) is 1. The topological polar surface area (TPSA) is 4.93 Å². The third-order valence-electron chi connectivity index (χ3n) is 2.91. The predicted octanol–water partition coefficient (Wildman–Crippen LogP) is 3.14. The fourth-order valence-electron chi connectivity index (χ4n) is 2.23. The summed E-state index contributed by atoms with van der Waals surface area (Å²) in [4.78, 5) is 0. The molecule has 1 nitrogen and oxygen atoms in total. The van der Waals surface area contributed by atoms with E-state index >= 15 is 0 Å². The molecule has 1 aliphatic rings. The average molecular weight is 183 g/mol. The van der Waals surface area contributed by atoms with Crippen molar-refractivity contribution in [3.63, 3.8) is 0 Å². The summed E-state index contributed by atoms with van der Waals surface area (Å²) >= 11 is 0. The second-order valence-corrected chi connectivity index (χ2v) is 3.83. The minimum Gasteiger partial charge on any atom is -0.347 e. The fraction of sp³-hybridized carbons (Fsp3) is 0.231. The molecule has 1 aromatic heterocycles. The molecule has 0 amide bonds. The van der Waals surface area contributed by atoms with Crippen LogP contribution >= 0.6 is 0 Å². The van der Waals surface area contributed by atoms with Crippen molar-refractivity contribution in [2.24, 2.45) is 0 Å². The van der Waals surface area contributed by atoms with Crippen LogP contribution in [0.3, 0.4) is 0 Å². The van der Waals surface area contributed by atoms with Crippen molar-refractivity contribution in [2.75, 3.05) is 0 Å². The maximum atomic E-state index is 2.37. The average Bonchev–Trinajstić information content (AvgIpc) is 2.57. The molecule has 0 aliphatic carbocycles. The molecular formula is C13H13N. The Morgan fingerprint density at radius 2 is 2.07 bits per heavy atom. The zero-order valence-corrected chi connectivity index (χ0v) is 8.11. The maximum absolute atomic E-state index is 2.37. The van der Waals surface area contributed by atoms with E-state index in [1.165, 1.54) is 16.5 Å². The molecule has 1 aromatic carbocycles. The van der Waals surface area contributed by atoms with Gasteiger partial charge in [0.15, 0.2) is 0 Å². The van der Waals surface area contributed by atoms with E-state index in [1.54, 1.807) is 0 Å². The molecule has 14 heavy (non-hydrogen) atoms. The van der Waals surface area contributed by atoms with E-state index in [0.29, 0.717) is 0 Å². The molecule has 0 N–H and O–H groups in total. The predicted molar refractivity (Wildman–Crippen MR) is 59.4 cm³/mol. The van der Waals surface area contributed by atoms with Gasteiger partial charge in [-0.25, -0.2) is 0 Å². The van der Waals surface area contributed by atoms with E-state index in [4.69, 9.17) is 0 Å². The first kappa shape index (κ1) is 7.86. The van der Waals surface area contributed by atoms with Crippen LogP contribution in [0.2, 0.25) is 0 Å². The quantitative estimate of drug-likeness (QED) is 0.553. The molecule has 0 atom stereocenters. The Kier molecular flexibility index (Phi) is 1.69. The van der Waals surface area contributed by atoms with Crippen molar-refractivity contribution in [3.05, 3.63) is 48.2 Å². The van der Waals surface area contributed by atoms with Crippen molar-refractivity contribution in [1.29, 1.82) is 0 Å². The second-order valence-electron chi connectivity index (χ2n) is 3.83. The van der Waals surface area contributed by atoms with Crippen LogP contribution in [0.1, 0.15) is 12.0 Å². The van der Waals surface area contributed by atoms with Crippen molar-refractivity contribution in [2.45, 2.75) is 19.4 Å². The number of rotatable bonds is 0. The molecule has 70 valence electrons. The monoisotopic (exact) mass is 183 g/mol. The molecule has 0 radical (unpaired) electrons. The Morgan fingerprint density at radius 1 is 1.07 bits per heavy atom.